The fraction of sp³-hybridized carbons (Fsp3) is 0.125. The highest BCUT2D eigenvalue weighted by molar-refractivity contribution is 14.1. The van der Waals surface area contributed by atoms with Crippen molar-refractivity contribution < 1.29 is 45.9 Å². The van der Waals surface area contributed by atoms with E-state index < -0.39 is 38.6 Å². The van der Waals surface area contributed by atoms with Crippen LogP contribution in [0.5, 0.6) is 11.5 Å². The summed E-state index contributed by atoms with van der Waals surface area (Å²) in [5.41, 5.74) is 0.104. The number of alkyl halides is 2. The van der Waals surface area contributed by atoms with Crippen molar-refractivity contribution >= 4 is 67.2 Å². The average molecular weight is 654 g/mol. The molecular formula is C16H10F2I2O8S. The number of carbonyl (C=O) groups is 2. The van der Waals surface area contributed by atoms with Gasteiger partial charge in [-0.3, -0.25) is 4.55 Å². The molecule has 0 unspecified atom stereocenters. The predicted octanol–water partition coefficient (Wildman–Crippen LogP) is 3.34. The Hall–Kier alpha value is -1.59. The number of hydrogen-bond acceptors (Lipinski definition) is 7. The smallest absolute Gasteiger partial charge is 0.466 e. The molecule has 0 saturated heterocycles. The fourth-order valence-electron chi connectivity index (χ4n) is 1.92. The first-order valence-corrected chi connectivity index (χ1v) is 10.9. The summed E-state index contributed by atoms with van der Waals surface area (Å²) in [5.74, 6) is -4.23. The number of aromatic hydroxyl groups is 1. The Bertz CT molecular complexity index is 1050. The third kappa shape index (κ3) is 5.52. The summed E-state index contributed by atoms with van der Waals surface area (Å²) in [4.78, 5) is 23.7. The number of esters is 2. The standard InChI is InChI=1S/C16H10F2I2O8S/c17-16(18,29(24,25)26)15(23)28-12-4-2-1-3-9(12)14(22)27-7-8-5-10(19)13(21)11(20)6-8/h1-6,21H,7H2,(H,24,25,26). The molecule has 156 valence electrons. The summed E-state index contributed by atoms with van der Waals surface area (Å²) >= 11 is 3.77. The molecule has 0 aliphatic rings. The number of rotatable bonds is 6. The normalized spacial score (nSPS) is 11.8. The van der Waals surface area contributed by atoms with Crippen LogP contribution >= 0.6 is 45.2 Å². The molecule has 0 aromatic heterocycles. The minimum Gasteiger partial charge on any atom is -0.506 e. The van der Waals surface area contributed by atoms with E-state index in [0.29, 0.717) is 12.7 Å². The Morgan fingerprint density at radius 1 is 1.10 bits per heavy atom. The van der Waals surface area contributed by atoms with Crippen LogP contribution in [-0.2, 0) is 26.3 Å². The number of halogens is 4. The van der Waals surface area contributed by atoms with Crippen LogP contribution < -0.4 is 4.74 Å². The van der Waals surface area contributed by atoms with E-state index in [0.717, 1.165) is 12.1 Å². The lowest BCUT2D eigenvalue weighted by molar-refractivity contribution is -0.151. The molecule has 2 aromatic carbocycles. The maximum atomic E-state index is 13.4. The predicted molar refractivity (Wildman–Crippen MR) is 111 cm³/mol. The molecule has 0 amide bonds. The van der Waals surface area contributed by atoms with Crippen molar-refractivity contribution in [2.24, 2.45) is 0 Å². The lowest BCUT2D eigenvalue weighted by Gasteiger charge is -2.14. The topological polar surface area (TPSA) is 127 Å². The van der Waals surface area contributed by atoms with Crippen molar-refractivity contribution in [3.8, 4) is 11.5 Å². The van der Waals surface area contributed by atoms with Gasteiger partial charge in [-0.2, -0.15) is 17.2 Å². The zero-order chi connectivity index (χ0) is 22.0. The van der Waals surface area contributed by atoms with Crippen LogP contribution in [0.4, 0.5) is 8.78 Å². The van der Waals surface area contributed by atoms with Crippen molar-refractivity contribution in [2.45, 2.75) is 11.9 Å². The second-order valence-electron chi connectivity index (χ2n) is 5.36. The van der Waals surface area contributed by atoms with Gasteiger partial charge in [-0.15, -0.1) is 0 Å². The summed E-state index contributed by atoms with van der Waals surface area (Å²) in [6.07, 6.45) is 0. The van der Waals surface area contributed by atoms with Gasteiger partial charge in [0.25, 0.3) is 0 Å². The minimum absolute atomic E-state index is 0.0679. The van der Waals surface area contributed by atoms with E-state index in [4.69, 9.17) is 9.29 Å². The SMILES string of the molecule is O=C(OCc1cc(I)c(O)c(I)c1)c1ccccc1OC(=O)C(F)(F)S(=O)(=O)O. The summed E-state index contributed by atoms with van der Waals surface area (Å²) in [6.45, 7) is -0.241. The van der Waals surface area contributed by atoms with E-state index in [1.807, 2.05) is 45.2 Å². The Morgan fingerprint density at radius 3 is 2.21 bits per heavy atom. The number of para-hydroxylation sites is 1. The molecule has 29 heavy (non-hydrogen) atoms. The molecule has 0 saturated carbocycles. The Labute approximate surface area is 190 Å². The third-order valence-corrected chi connectivity index (χ3v) is 5.78. The molecule has 0 aliphatic carbocycles. The number of phenolic OH excluding ortho intramolecular Hbond substituents is 1. The summed E-state index contributed by atoms with van der Waals surface area (Å²) < 4.78 is 66.9. The van der Waals surface area contributed by atoms with Gasteiger partial charge in [0.15, 0.2) is 0 Å². The van der Waals surface area contributed by atoms with Crippen LogP contribution in [0.15, 0.2) is 36.4 Å². The van der Waals surface area contributed by atoms with Crippen LogP contribution in [0.2, 0.25) is 0 Å². The first kappa shape index (κ1) is 23.7. The van der Waals surface area contributed by atoms with Gasteiger partial charge < -0.3 is 14.6 Å². The van der Waals surface area contributed by atoms with Crippen LogP contribution in [-0.4, -0.2) is 35.3 Å². The molecule has 0 aliphatic heterocycles. The Morgan fingerprint density at radius 2 is 1.66 bits per heavy atom. The number of hydrogen-bond donors (Lipinski definition) is 2. The van der Waals surface area contributed by atoms with Gasteiger partial charge in [-0.25, -0.2) is 9.59 Å². The van der Waals surface area contributed by atoms with Crippen LogP contribution in [0.1, 0.15) is 15.9 Å². The van der Waals surface area contributed by atoms with Crippen LogP contribution in [0, 0.1) is 7.14 Å². The summed E-state index contributed by atoms with van der Waals surface area (Å²) in [7, 11) is -6.06. The molecule has 0 fully saturated rings. The van der Waals surface area contributed by atoms with E-state index in [9.17, 15) is 31.9 Å². The largest absolute Gasteiger partial charge is 0.506 e. The molecule has 13 heteroatoms. The van der Waals surface area contributed by atoms with Gasteiger partial charge in [-0.1, -0.05) is 12.1 Å². The molecular weight excluding hydrogens is 644 g/mol. The zero-order valence-corrected chi connectivity index (χ0v) is 19.1. The van der Waals surface area contributed by atoms with Gasteiger partial charge >= 0.3 is 27.3 Å². The van der Waals surface area contributed by atoms with E-state index in [1.54, 1.807) is 12.1 Å². The molecule has 2 aromatic rings. The van der Waals surface area contributed by atoms with Crippen molar-refractivity contribution in [3.63, 3.8) is 0 Å². The molecule has 2 N–H and O–H groups in total. The average Bonchev–Trinajstić information content (AvgIpc) is 2.63. The molecule has 0 atom stereocenters. The maximum absolute atomic E-state index is 13.4. The van der Waals surface area contributed by atoms with Crippen molar-refractivity contribution in [1.82, 2.24) is 0 Å². The highest BCUT2D eigenvalue weighted by Gasteiger charge is 2.54. The Kier molecular flexibility index (Phi) is 7.39. The first-order chi connectivity index (χ1) is 13.3. The monoisotopic (exact) mass is 654 g/mol. The quantitative estimate of drug-likeness (QED) is 0.210. The second-order valence-corrected chi connectivity index (χ2v) is 9.15. The number of carbonyl (C=O) groups excluding carboxylic acids is 2. The van der Waals surface area contributed by atoms with Gasteiger partial charge in [-0.05, 0) is 75.0 Å². The fourth-order valence-corrected chi connectivity index (χ4v) is 4.07. The van der Waals surface area contributed by atoms with Gasteiger partial charge in [0.05, 0.1) is 7.14 Å². The van der Waals surface area contributed by atoms with Crippen molar-refractivity contribution in [1.29, 1.82) is 0 Å². The molecule has 0 radical (unpaired) electrons. The van der Waals surface area contributed by atoms with Crippen LogP contribution in [0.25, 0.3) is 0 Å². The van der Waals surface area contributed by atoms with E-state index >= 15 is 0 Å². The number of benzene rings is 2. The highest BCUT2D eigenvalue weighted by Crippen LogP contribution is 2.29. The number of ether oxygens (including phenoxy) is 2. The van der Waals surface area contributed by atoms with Gasteiger partial charge in [0.2, 0.25) is 0 Å². The summed E-state index contributed by atoms with van der Waals surface area (Å²) in [6, 6.07) is 7.78. The minimum atomic E-state index is -6.06. The molecule has 2 rings (SSSR count). The third-order valence-electron chi connectivity index (χ3n) is 3.32. The lowest BCUT2D eigenvalue weighted by atomic mass is 10.2. The van der Waals surface area contributed by atoms with Crippen molar-refractivity contribution in [3.05, 3.63) is 54.7 Å². The maximum Gasteiger partial charge on any atom is 0.466 e. The van der Waals surface area contributed by atoms with Crippen molar-refractivity contribution in [2.75, 3.05) is 0 Å². The molecule has 8 nitrogen and oxygen atoms in total. The van der Waals surface area contributed by atoms with Gasteiger partial charge in [0.1, 0.15) is 23.7 Å². The molecule has 0 spiro atoms. The van der Waals surface area contributed by atoms with E-state index in [-0.39, 0.29) is 12.4 Å². The van der Waals surface area contributed by atoms with Crippen LogP contribution in [0.3, 0.4) is 0 Å². The number of phenols is 1. The second kappa shape index (κ2) is 9.05. The zero-order valence-electron chi connectivity index (χ0n) is 13.9. The molecule has 0 bridgehead atoms. The lowest BCUT2D eigenvalue weighted by Crippen LogP contribution is -2.40. The first-order valence-electron chi connectivity index (χ1n) is 7.34. The van der Waals surface area contributed by atoms with E-state index in [1.165, 1.54) is 12.1 Å². The Balaban J connectivity index is 2.20. The summed E-state index contributed by atoms with van der Waals surface area (Å²) in [5, 5.41) is 4.52. The van der Waals surface area contributed by atoms with Gasteiger partial charge in [0, 0.05) is 0 Å². The highest BCUT2D eigenvalue weighted by atomic mass is 127. The molecule has 0 heterocycles. The van der Waals surface area contributed by atoms with E-state index in [2.05, 4.69) is 4.74 Å².